The number of phenolic OH excluding ortho intramolecular Hbond substituents is 1. The third-order valence-corrected chi connectivity index (χ3v) is 5.29. The van der Waals surface area contributed by atoms with Crippen molar-refractivity contribution in [2.45, 2.75) is 64.9 Å². The van der Waals surface area contributed by atoms with Crippen LogP contribution in [-0.2, 0) is 6.61 Å². The van der Waals surface area contributed by atoms with E-state index < -0.39 is 0 Å². The fourth-order valence-electron chi connectivity index (χ4n) is 3.83. The number of benzene rings is 1. The molecule has 0 unspecified atom stereocenters. The van der Waals surface area contributed by atoms with Gasteiger partial charge >= 0.3 is 0 Å². The number of rotatable bonds is 6. The predicted molar refractivity (Wildman–Crippen MR) is 93.7 cm³/mol. The summed E-state index contributed by atoms with van der Waals surface area (Å²) < 4.78 is 0. The van der Waals surface area contributed by atoms with Crippen molar-refractivity contribution in [3.63, 3.8) is 0 Å². The standard InChI is InChI=1S/C20H30O3/c1-13(11-21)5-4-6-14(2)17-8-7-15(3)20-18(17)9-16(12-22)10-19(20)23/h5,9-10,14-15,17,21-23H,4,6-8,11-12H2,1-3H3/b13-5-/t14-,15+,17-/m0/s1. The van der Waals surface area contributed by atoms with Crippen molar-refractivity contribution in [2.75, 3.05) is 6.61 Å². The van der Waals surface area contributed by atoms with E-state index in [1.165, 1.54) is 5.56 Å². The van der Waals surface area contributed by atoms with Gasteiger partial charge in [0.1, 0.15) is 5.75 Å². The lowest BCUT2D eigenvalue weighted by Gasteiger charge is -2.34. The van der Waals surface area contributed by atoms with Gasteiger partial charge in [0.25, 0.3) is 0 Å². The number of aliphatic hydroxyl groups is 2. The largest absolute Gasteiger partial charge is 0.508 e. The van der Waals surface area contributed by atoms with Crippen molar-refractivity contribution < 1.29 is 15.3 Å². The summed E-state index contributed by atoms with van der Waals surface area (Å²) >= 11 is 0. The molecule has 0 heterocycles. The van der Waals surface area contributed by atoms with Gasteiger partial charge in [0.15, 0.2) is 0 Å². The van der Waals surface area contributed by atoms with Crippen LogP contribution in [0, 0.1) is 5.92 Å². The molecule has 0 aliphatic heterocycles. The second-order valence-electron chi connectivity index (χ2n) is 7.12. The molecule has 0 saturated heterocycles. The Balaban J connectivity index is 2.22. The Morgan fingerprint density at radius 2 is 2.04 bits per heavy atom. The molecule has 0 aromatic heterocycles. The summed E-state index contributed by atoms with van der Waals surface area (Å²) in [5.74, 6) is 1.66. The summed E-state index contributed by atoms with van der Waals surface area (Å²) in [5.41, 5.74) is 4.12. The summed E-state index contributed by atoms with van der Waals surface area (Å²) in [4.78, 5) is 0. The van der Waals surface area contributed by atoms with Crippen molar-refractivity contribution in [1.29, 1.82) is 0 Å². The van der Waals surface area contributed by atoms with E-state index >= 15 is 0 Å². The highest BCUT2D eigenvalue weighted by Crippen LogP contribution is 2.47. The first kappa shape index (κ1) is 18.0. The van der Waals surface area contributed by atoms with Crippen LogP contribution in [0.4, 0.5) is 0 Å². The van der Waals surface area contributed by atoms with Crippen LogP contribution in [0.3, 0.4) is 0 Å². The minimum absolute atomic E-state index is 0.0330. The third-order valence-electron chi connectivity index (χ3n) is 5.29. The van der Waals surface area contributed by atoms with Gasteiger partial charge in [-0.05, 0) is 67.6 Å². The average Bonchev–Trinajstić information content (AvgIpc) is 2.54. The van der Waals surface area contributed by atoms with Crippen LogP contribution in [0.1, 0.15) is 75.0 Å². The molecule has 0 spiro atoms. The summed E-state index contributed by atoms with van der Waals surface area (Å²) in [6.45, 7) is 6.50. The minimum Gasteiger partial charge on any atom is -0.508 e. The monoisotopic (exact) mass is 318 g/mol. The van der Waals surface area contributed by atoms with Crippen LogP contribution in [0.25, 0.3) is 0 Å². The van der Waals surface area contributed by atoms with Crippen LogP contribution in [0.5, 0.6) is 5.75 Å². The van der Waals surface area contributed by atoms with E-state index in [0.29, 0.717) is 23.5 Å². The van der Waals surface area contributed by atoms with Crippen LogP contribution >= 0.6 is 0 Å². The molecule has 0 bridgehead atoms. The van der Waals surface area contributed by atoms with Crippen LogP contribution in [0.15, 0.2) is 23.8 Å². The molecule has 0 saturated carbocycles. The molecule has 1 aromatic carbocycles. The van der Waals surface area contributed by atoms with E-state index in [1.54, 1.807) is 6.07 Å². The van der Waals surface area contributed by atoms with E-state index in [2.05, 4.69) is 26.0 Å². The van der Waals surface area contributed by atoms with E-state index in [-0.39, 0.29) is 13.2 Å². The van der Waals surface area contributed by atoms with Gasteiger partial charge in [-0.1, -0.05) is 31.6 Å². The van der Waals surface area contributed by atoms with Gasteiger partial charge in [-0.25, -0.2) is 0 Å². The maximum absolute atomic E-state index is 10.4. The normalized spacial score (nSPS) is 22.7. The highest BCUT2D eigenvalue weighted by molar-refractivity contribution is 5.48. The van der Waals surface area contributed by atoms with Crippen molar-refractivity contribution in [3.8, 4) is 5.75 Å². The maximum atomic E-state index is 10.4. The summed E-state index contributed by atoms with van der Waals surface area (Å²) in [6, 6.07) is 3.79. The fourth-order valence-corrected chi connectivity index (χ4v) is 3.83. The van der Waals surface area contributed by atoms with Gasteiger partial charge in [-0.15, -0.1) is 0 Å². The number of phenols is 1. The molecule has 3 nitrogen and oxygen atoms in total. The van der Waals surface area contributed by atoms with E-state index in [9.17, 15) is 10.2 Å². The van der Waals surface area contributed by atoms with Crippen molar-refractivity contribution in [2.24, 2.45) is 5.92 Å². The molecule has 128 valence electrons. The third kappa shape index (κ3) is 4.15. The zero-order valence-corrected chi connectivity index (χ0v) is 14.5. The molecule has 23 heavy (non-hydrogen) atoms. The molecule has 0 amide bonds. The Morgan fingerprint density at radius 3 is 2.70 bits per heavy atom. The first-order valence-electron chi connectivity index (χ1n) is 8.70. The molecular formula is C20H30O3. The Morgan fingerprint density at radius 1 is 1.30 bits per heavy atom. The highest BCUT2D eigenvalue weighted by atomic mass is 16.3. The highest BCUT2D eigenvalue weighted by Gasteiger charge is 2.30. The zero-order chi connectivity index (χ0) is 17.0. The Labute approximate surface area is 139 Å². The van der Waals surface area contributed by atoms with E-state index in [4.69, 9.17) is 5.11 Å². The van der Waals surface area contributed by atoms with Crippen molar-refractivity contribution in [1.82, 2.24) is 0 Å². The lowest BCUT2D eigenvalue weighted by Crippen LogP contribution is -2.19. The number of aliphatic hydroxyl groups excluding tert-OH is 2. The minimum atomic E-state index is -0.0330. The second kappa shape index (κ2) is 7.98. The molecule has 3 heteroatoms. The average molecular weight is 318 g/mol. The molecule has 1 aliphatic rings. The fraction of sp³-hybridized carbons (Fsp3) is 0.600. The van der Waals surface area contributed by atoms with Gasteiger partial charge in [0, 0.05) is 5.56 Å². The Bertz CT molecular complexity index is 562. The number of allylic oxidation sites excluding steroid dienone is 1. The number of aromatic hydroxyl groups is 1. The Hall–Kier alpha value is -1.32. The molecule has 2 rings (SSSR count). The van der Waals surface area contributed by atoms with Crippen molar-refractivity contribution in [3.05, 3.63) is 40.5 Å². The number of fused-ring (bicyclic) bond motifs is 1. The van der Waals surface area contributed by atoms with Gasteiger partial charge in [-0.2, -0.15) is 0 Å². The SMILES string of the molecule is C/C(=C/CC[C@H](C)[C@@H]1CC[C@@H](C)c2c(O)cc(CO)cc21)CO. The Kier molecular flexibility index (Phi) is 6.25. The first-order valence-corrected chi connectivity index (χ1v) is 8.70. The molecule has 3 atom stereocenters. The van der Waals surface area contributed by atoms with Gasteiger partial charge in [0.2, 0.25) is 0 Å². The van der Waals surface area contributed by atoms with Crippen LogP contribution in [0.2, 0.25) is 0 Å². The smallest absolute Gasteiger partial charge is 0.119 e. The molecule has 0 radical (unpaired) electrons. The second-order valence-corrected chi connectivity index (χ2v) is 7.12. The van der Waals surface area contributed by atoms with Gasteiger partial charge in [0.05, 0.1) is 13.2 Å². The quantitative estimate of drug-likeness (QED) is 0.688. The lowest BCUT2D eigenvalue weighted by molar-refractivity contribution is 0.280. The first-order chi connectivity index (χ1) is 11.0. The summed E-state index contributed by atoms with van der Waals surface area (Å²) in [7, 11) is 0. The summed E-state index contributed by atoms with van der Waals surface area (Å²) in [5, 5.41) is 28.9. The van der Waals surface area contributed by atoms with Gasteiger partial charge in [-0.3, -0.25) is 0 Å². The van der Waals surface area contributed by atoms with E-state index in [0.717, 1.165) is 42.4 Å². The van der Waals surface area contributed by atoms with Crippen LogP contribution in [-0.4, -0.2) is 21.9 Å². The number of hydrogen-bond donors (Lipinski definition) is 3. The molecule has 1 aromatic rings. The van der Waals surface area contributed by atoms with Crippen molar-refractivity contribution >= 4 is 0 Å². The van der Waals surface area contributed by atoms with Gasteiger partial charge < -0.3 is 15.3 Å². The predicted octanol–water partition coefficient (Wildman–Crippen LogP) is 4.22. The maximum Gasteiger partial charge on any atom is 0.119 e. The lowest BCUT2D eigenvalue weighted by atomic mass is 9.71. The number of hydrogen-bond acceptors (Lipinski definition) is 3. The molecule has 0 fully saturated rings. The topological polar surface area (TPSA) is 60.7 Å². The molecule has 3 N–H and O–H groups in total. The van der Waals surface area contributed by atoms with Crippen LogP contribution < -0.4 is 0 Å². The molecular weight excluding hydrogens is 288 g/mol. The zero-order valence-electron chi connectivity index (χ0n) is 14.5. The molecule has 1 aliphatic carbocycles. The summed E-state index contributed by atoms with van der Waals surface area (Å²) in [6.07, 6.45) is 6.39. The van der Waals surface area contributed by atoms with E-state index in [1.807, 2.05) is 6.92 Å².